The summed E-state index contributed by atoms with van der Waals surface area (Å²) in [5.41, 5.74) is 2.19. The molecule has 0 spiro atoms. The summed E-state index contributed by atoms with van der Waals surface area (Å²) in [6.07, 6.45) is 0. The van der Waals surface area contributed by atoms with E-state index in [2.05, 4.69) is 0 Å². The molecule has 108 valence electrons. The van der Waals surface area contributed by atoms with Crippen LogP contribution < -0.4 is 4.31 Å². The lowest BCUT2D eigenvalue weighted by Gasteiger charge is -2.22. The Morgan fingerprint density at radius 3 is 2.45 bits per heavy atom. The Bertz CT molecular complexity index is 720. The lowest BCUT2D eigenvalue weighted by molar-refractivity contribution is 0.282. The zero-order chi connectivity index (χ0) is 14.9. The number of rotatable bonds is 4. The zero-order valence-electron chi connectivity index (χ0n) is 11.6. The van der Waals surface area contributed by atoms with E-state index in [0.717, 1.165) is 5.56 Å². The van der Waals surface area contributed by atoms with Crippen molar-refractivity contribution in [3.05, 3.63) is 45.6 Å². The maximum Gasteiger partial charge on any atom is 0.265 e. The van der Waals surface area contributed by atoms with Gasteiger partial charge in [-0.05, 0) is 36.4 Å². The minimum atomic E-state index is -3.66. The topological polar surface area (TPSA) is 57.6 Å². The van der Waals surface area contributed by atoms with E-state index in [9.17, 15) is 13.5 Å². The van der Waals surface area contributed by atoms with Crippen molar-refractivity contribution in [2.24, 2.45) is 0 Å². The Balaban J connectivity index is 2.56. The molecule has 0 saturated heterocycles. The van der Waals surface area contributed by atoms with Gasteiger partial charge in [0.25, 0.3) is 10.0 Å². The summed E-state index contributed by atoms with van der Waals surface area (Å²) < 4.78 is 26.8. The summed E-state index contributed by atoms with van der Waals surface area (Å²) in [7, 11) is -2.12. The van der Waals surface area contributed by atoms with Gasteiger partial charge in [-0.15, -0.1) is 11.3 Å². The van der Waals surface area contributed by atoms with Crippen LogP contribution in [0.2, 0.25) is 0 Å². The summed E-state index contributed by atoms with van der Waals surface area (Å²) in [4.78, 5) is 0.693. The van der Waals surface area contributed by atoms with Crippen LogP contribution in [0.15, 0.2) is 34.5 Å². The molecule has 1 aromatic heterocycles. The van der Waals surface area contributed by atoms with Gasteiger partial charge in [0.15, 0.2) is 0 Å². The maximum atomic E-state index is 12.8. The van der Waals surface area contributed by atoms with E-state index in [1.807, 2.05) is 25.1 Å². The number of thiophene rings is 1. The van der Waals surface area contributed by atoms with Crippen LogP contribution in [0.4, 0.5) is 5.69 Å². The first-order valence-corrected chi connectivity index (χ1v) is 8.44. The third kappa shape index (κ3) is 2.46. The Morgan fingerprint density at radius 1 is 1.20 bits per heavy atom. The third-order valence-electron chi connectivity index (χ3n) is 3.21. The van der Waals surface area contributed by atoms with Crippen molar-refractivity contribution in [1.29, 1.82) is 0 Å². The summed E-state index contributed by atoms with van der Waals surface area (Å²) in [5.74, 6) is 0. The van der Waals surface area contributed by atoms with E-state index in [-0.39, 0.29) is 11.5 Å². The molecule has 0 amide bonds. The van der Waals surface area contributed by atoms with Crippen LogP contribution >= 0.6 is 11.3 Å². The van der Waals surface area contributed by atoms with E-state index in [4.69, 9.17) is 0 Å². The highest BCUT2D eigenvalue weighted by molar-refractivity contribution is 7.93. The first-order chi connectivity index (χ1) is 9.39. The fourth-order valence-corrected chi connectivity index (χ4v) is 5.00. The number of aliphatic hydroxyl groups excluding tert-OH is 1. The van der Waals surface area contributed by atoms with Crippen LogP contribution in [0, 0.1) is 13.8 Å². The van der Waals surface area contributed by atoms with Gasteiger partial charge in [-0.25, -0.2) is 8.42 Å². The predicted octanol–water partition coefficient (Wildman–Crippen LogP) is 2.68. The fraction of sp³-hybridized carbons (Fsp3) is 0.286. The number of hydrogen-bond acceptors (Lipinski definition) is 4. The Hall–Kier alpha value is -1.37. The van der Waals surface area contributed by atoms with Crippen molar-refractivity contribution >= 4 is 27.0 Å². The van der Waals surface area contributed by atoms with Crippen molar-refractivity contribution in [2.75, 3.05) is 11.4 Å². The lowest BCUT2D eigenvalue weighted by Crippen LogP contribution is -2.28. The molecular weight excluding hydrogens is 294 g/mol. The molecule has 1 heterocycles. The van der Waals surface area contributed by atoms with Gasteiger partial charge in [0.1, 0.15) is 4.90 Å². The molecule has 2 aromatic rings. The maximum absolute atomic E-state index is 12.8. The number of aryl methyl sites for hydroxylation is 2. The molecular formula is C14H17NO3S2. The smallest absolute Gasteiger partial charge is 0.265 e. The molecule has 0 bridgehead atoms. The molecule has 1 N–H and O–H groups in total. The van der Waals surface area contributed by atoms with Crippen molar-refractivity contribution in [2.45, 2.75) is 25.3 Å². The number of para-hydroxylation sites is 1. The predicted molar refractivity (Wildman–Crippen MR) is 81.7 cm³/mol. The van der Waals surface area contributed by atoms with Gasteiger partial charge >= 0.3 is 0 Å². The van der Waals surface area contributed by atoms with Crippen LogP contribution in [0.1, 0.15) is 16.0 Å². The molecule has 0 atom stereocenters. The van der Waals surface area contributed by atoms with E-state index in [1.54, 1.807) is 18.4 Å². The first-order valence-electron chi connectivity index (χ1n) is 6.12. The molecule has 20 heavy (non-hydrogen) atoms. The molecule has 0 fully saturated rings. The average Bonchev–Trinajstić information content (AvgIpc) is 2.80. The second kappa shape index (κ2) is 5.55. The molecule has 4 nitrogen and oxygen atoms in total. The molecule has 2 rings (SSSR count). The van der Waals surface area contributed by atoms with Crippen LogP contribution in [0.3, 0.4) is 0 Å². The number of nitrogens with zero attached hydrogens (tertiary/aromatic N) is 1. The number of benzene rings is 1. The highest BCUT2D eigenvalue weighted by atomic mass is 32.2. The number of hydrogen-bond donors (Lipinski definition) is 1. The summed E-state index contributed by atoms with van der Waals surface area (Å²) in [6.45, 7) is 3.34. The standard InChI is InChI=1S/C14H17NO3S2/c1-10-6-4-5-7-12(10)15(3)20(17,18)14-11(2)9-19-13(14)8-16/h4-7,9,16H,8H2,1-3H3. The summed E-state index contributed by atoms with van der Waals surface area (Å²) in [6, 6.07) is 7.32. The van der Waals surface area contributed by atoms with E-state index < -0.39 is 10.0 Å². The van der Waals surface area contributed by atoms with Gasteiger partial charge in [-0.3, -0.25) is 4.31 Å². The van der Waals surface area contributed by atoms with Crippen LogP contribution in [-0.4, -0.2) is 20.6 Å². The normalized spacial score (nSPS) is 11.6. The number of aliphatic hydroxyl groups is 1. The zero-order valence-corrected chi connectivity index (χ0v) is 13.3. The van der Waals surface area contributed by atoms with Crippen LogP contribution in [0.25, 0.3) is 0 Å². The van der Waals surface area contributed by atoms with Gasteiger partial charge in [0.05, 0.1) is 17.2 Å². The van der Waals surface area contributed by atoms with Crippen LogP contribution in [-0.2, 0) is 16.6 Å². The monoisotopic (exact) mass is 311 g/mol. The Labute approximate surface area is 123 Å². The highest BCUT2D eigenvalue weighted by Gasteiger charge is 2.28. The van der Waals surface area contributed by atoms with Crippen molar-refractivity contribution in [3.8, 4) is 0 Å². The van der Waals surface area contributed by atoms with Gasteiger partial charge < -0.3 is 5.11 Å². The number of anilines is 1. The lowest BCUT2D eigenvalue weighted by atomic mass is 10.2. The van der Waals surface area contributed by atoms with Crippen molar-refractivity contribution in [1.82, 2.24) is 0 Å². The highest BCUT2D eigenvalue weighted by Crippen LogP contribution is 2.32. The van der Waals surface area contributed by atoms with Crippen LogP contribution in [0.5, 0.6) is 0 Å². The fourth-order valence-electron chi connectivity index (χ4n) is 2.13. The van der Waals surface area contributed by atoms with E-state index in [1.165, 1.54) is 22.7 Å². The minimum Gasteiger partial charge on any atom is -0.391 e. The molecule has 0 aliphatic heterocycles. The summed E-state index contributed by atoms with van der Waals surface area (Å²) in [5, 5.41) is 11.1. The Morgan fingerprint density at radius 2 is 1.85 bits per heavy atom. The SMILES string of the molecule is Cc1ccccc1N(C)S(=O)(=O)c1c(C)csc1CO. The van der Waals surface area contributed by atoms with Gasteiger partial charge in [-0.1, -0.05) is 18.2 Å². The van der Waals surface area contributed by atoms with E-state index in [0.29, 0.717) is 16.1 Å². The van der Waals surface area contributed by atoms with Gasteiger partial charge in [-0.2, -0.15) is 0 Å². The molecule has 6 heteroatoms. The Kier molecular flexibility index (Phi) is 4.17. The molecule has 0 aliphatic rings. The second-order valence-corrected chi connectivity index (χ2v) is 7.46. The van der Waals surface area contributed by atoms with E-state index >= 15 is 0 Å². The van der Waals surface area contributed by atoms with Crippen molar-refractivity contribution in [3.63, 3.8) is 0 Å². The first kappa shape index (κ1) is 15.0. The average molecular weight is 311 g/mol. The quantitative estimate of drug-likeness (QED) is 0.944. The molecule has 0 unspecified atom stereocenters. The number of sulfonamides is 1. The second-order valence-electron chi connectivity index (χ2n) is 4.59. The molecule has 0 aliphatic carbocycles. The largest absolute Gasteiger partial charge is 0.391 e. The molecule has 0 radical (unpaired) electrons. The molecule has 0 saturated carbocycles. The third-order valence-corrected chi connectivity index (χ3v) is 6.43. The molecule has 1 aromatic carbocycles. The minimum absolute atomic E-state index is 0.218. The van der Waals surface area contributed by atoms with Gasteiger partial charge in [0, 0.05) is 7.05 Å². The summed E-state index contributed by atoms with van der Waals surface area (Å²) >= 11 is 1.26. The van der Waals surface area contributed by atoms with Gasteiger partial charge in [0.2, 0.25) is 0 Å². The van der Waals surface area contributed by atoms with Crippen molar-refractivity contribution < 1.29 is 13.5 Å².